The highest BCUT2D eigenvalue weighted by molar-refractivity contribution is 5.94. The van der Waals surface area contributed by atoms with Gasteiger partial charge in [-0.2, -0.15) is 13.2 Å². The second-order valence-corrected chi connectivity index (χ2v) is 7.12. The van der Waals surface area contributed by atoms with Crippen molar-refractivity contribution in [3.05, 3.63) is 59.2 Å². The molecule has 0 spiro atoms. The van der Waals surface area contributed by atoms with E-state index in [4.69, 9.17) is 4.74 Å². The van der Waals surface area contributed by atoms with E-state index in [1.807, 2.05) is 24.0 Å². The van der Waals surface area contributed by atoms with Crippen molar-refractivity contribution in [2.75, 3.05) is 37.7 Å². The van der Waals surface area contributed by atoms with E-state index in [9.17, 15) is 18.0 Å². The minimum Gasteiger partial charge on any atom is -0.494 e. The van der Waals surface area contributed by atoms with Gasteiger partial charge in [-0.1, -0.05) is 6.07 Å². The minimum absolute atomic E-state index is 0.00339. The maximum Gasteiger partial charge on any atom is 0.416 e. The number of carbonyl (C=O) groups is 1. The van der Waals surface area contributed by atoms with Crippen molar-refractivity contribution in [3.63, 3.8) is 0 Å². The number of piperazine rings is 1. The molecule has 4 nitrogen and oxygen atoms in total. The normalized spacial score (nSPS) is 15.4. The Balaban J connectivity index is 1.67. The highest BCUT2D eigenvalue weighted by Crippen LogP contribution is 2.32. The Morgan fingerprint density at radius 1 is 1.07 bits per heavy atom. The number of carbonyl (C=O) groups excluding carboxylic acids is 1. The van der Waals surface area contributed by atoms with Crippen molar-refractivity contribution in [3.8, 4) is 5.75 Å². The third-order valence-corrected chi connectivity index (χ3v) is 5.07. The molecule has 1 saturated heterocycles. The summed E-state index contributed by atoms with van der Waals surface area (Å²) in [6.45, 7) is 7.32. The van der Waals surface area contributed by atoms with Crippen LogP contribution in [0.5, 0.6) is 5.75 Å². The third-order valence-electron chi connectivity index (χ3n) is 5.07. The Bertz CT molecular complexity index is 859. The summed E-state index contributed by atoms with van der Waals surface area (Å²) in [5, 5.41) is 0. The first-order chi connectivity index (χ1) is 13.8. The van der Waals surface area contributed by atoms with E-state index in [-0.39, 0.29) is 5.78 Å². The lowest BCUT2D eigenvalue weighted by atomic mass is 10.1. The highest BCUT2D eigenvalue weighted by Gasteiger charge is 2.31. The summed E-state index contributed by atoms with van der Waals surface area (Å²) in [5.74, 6) is 0.765. The molecule has 3 rings (SSSR count). The number of anilines is 1. The second kappa shape index (κ2) is 8.86. The number of benzene rings is 2. The van der Waals surface area contributed by atoms with Gasteiger partial charge in [0.05, 0.1) is 12.2 Å². The Hall–Kier alpha value is -2.54. The van der Waals surface area contributed by atoms with Crippen molar-refractivity contribution in [2.45, 2.75) is 26.6 Å². The van der Waals surface area contributed by atoms with Gasteiger partial charge >= 0.3 is 6.18 Å². The predicted octanol–water partition coefficient (Wildman–Crippen LogP) is 4.63. The fourth-order valence-electron chi connectivity index (χ4n) is 3.50. The molecule has 0 unspecified atom stereocenters. The molecule has 2 aromatic carbocycles. The number of halogens is 3. The molecule has 0 aromatic heterocycles. The average Bonchev–Trinajstić information content (AvgIpc) is 2.69. The summed E-state index contributed by atoms with van der Waals surface area (Å²) in [4.78, 5) is 15.9. The smallest absolute Gasteiger partial charge is 0.416 e. The summed E-state index contributed by atoms with van der Waals surface area (Å²) >= 11 is 0. The summed E-state index contributed by atoms with van der Waals surface area (Å²) in [7, 11) is 0. The number of ether oxygens (including phenoxy) is 1. The van der Waals surface area contributed by atoms with Crippen molar-refractivity contribution in [1.82, 2.24) is 4.90 Å². The molecule has 1 fully saturated rings. The number of hydrogen-bond acceptors (Lipinski definition) is 4. The second-order valence-electron chi connectivity index (χ2n) is 7.12. The largest absolute Gasteiger partial charge is 0.494 e. The number of rotatable bonds is 6. The lowest BCUT2D eigenvalue weighted by Gasteiger charge is -2.36. The molecular weight excluding hydrogens is 381 g/mol. The van der Waals surface area contributed by atoms with Crippen molar-refractivity contribution < 1.29 is 22.7 Å². The topological polar surface area (TPSA) is 32.8 Å². The Labute approximate surface area is 168 Å². The van der Waals surface area contributed by atoms with Gasteiger partial charge in [-0.15, -0.1) is 0 Å². The third kappa shape index (κ3) is 5.29. The molecule has 2 aromatic rings. The van der Waals surface area contributed by atoms with Crippen molar-refractivity contribution in [2.24, 2.45) is 0 Å². The molecule has 0 amide bonds. The van der Waals surface area contributed by atoms with Gasteiger partial charge in [-0.25, -0.2) is 0 Å². The van der Waals surface area contributed by atoms with E-state index in [1.165, 1.54) is 19.1 Å². The molecule has 0 bridgehead atoms. The first-order valence-corrected chi connectivity index (χ1v) is 9.69. The van der Waals surface area contributed by atoms with Gasteiger partial charge in [0.2, 0.25) is 0 Å². The van der Waals surface area contributed by atoms with E-state index >= 15 is 0 Å². The van der Waals surface area contributed by atoms with Gasteiger partial charge in [0.1, 0.15) is 5.75 Å². The fraction of sp³-hybridized carbons (Fsp3) is 0.409. The molecule has 0 N–H and O–H groups in total. The van der Waals surface area contributed by atoms with Gasteiger partial charge in [0.15, 0.2) is 5.78 Å². The molecule has 29 heavy (non-hydrogen) atoms. The Kier molecular flexibility index (Phi) is 6.47. The first-order valence-electron chi connectivity index (χ1n) is 9.69. The van der Waals surface area contributed by atoms with Gasteiger partial charge in [0, 0.05) is 49.5 Å². The van der Waals surface area contributed by atoms with Gasteiger partial charge in [-0.05, 0) is 50.2 Å². The maximum atomic E-state index is 13.0. The molecule has 7 heteroatoms. The van der Waals surface area contributed by atoms with Crippen LogP contribution >= 0.6 is 0 Å². The van der Waals surface area contributed by atoms with Gasteiger partial charge in [0.25, 0.3) is 0 Å². The molecule has 1 heterocycles. The van der Waals surface area contributed by atoms with Crippen molar-refractivity contribution in [1.29, 1.82) is 0 Å². The predicted molar refractivity (Wildman–Crippen MR) is 107 cm³/mol. The first kappa shape index (κ1) is 21.2. The lowest BCUT2D eigenvalue weighted by molar-refractivity contribution is -0.137. The standard InChI is InChI=1S/C22H25F3N2O2/c1-3-29-21-8-7-17(16(2)28)13-18(21)15-26-9-11-27(12-10-26)20-6-4-5-19(14-20)22(23,24)25/h4-8,13-14H,3,9-12,15H2,1-2H3. The van der Waals surface area contributed by atoms with Crippen LogP contribution < -0.4 is 9.64 Å². The number of alkyl halides is 3. The van der Waals surface area contributed by atoms with Gasteiger partial charge in [-0.3, -0.25) is 9.69 Å². The molecule has 1 aliphatic rings. The van der Waals surface area contributed by atoms with Crippen LogP contribution in [-0.2, 0) is 12.7 Å². The number of Topliss-reactive ketones (excluding diaryl/α,β-unsaturated/α-hetero) is 1. The van der Waals surface area contributed by atoms with Crippen LogP contribution in [0.1, 0.15) is 35.3 Å². The van der Waals surface area contributed by atoms with E-state index in [0.717, 1.165) is 17.4 Å². The molecule has 156 valence electrons. The average molecular weight is 406 g/mol. The number of ketones is 1. The Morgan fingerprint density at radius 3 is 2.41 bits per heavy atom. The zero-order chi connectivity index (χ0) is 21.0. The summed E-state index contributed by atoms with van der Waals surface area (Å²) in [6, 6.07) is 10.9. The van der Waals surface area contributed by atoms with Crippen LogP contribution in [-0.4, -0.2) is 43.5 Å². The van der Waals surface area contributed by atoms with E-state index in [1.54, 1.807) is 12.1 Å². The zero-order valence-electron chi connectivity index (χ0n) is 16.6. The van der Waals surface area contributed by atoms with Gasteiger partial charge < -0.3 is 9.64 Å². The molecule has 1 aliphatic heterocycles. The molecule has 0 radical (unpaired) electrons. The van der Waals surface area contributed by atoms with Crippen LogP contribution in [0.2, 0.25) is 0 Å². The summed E-state index contributed by atoms with van der Waals surface area (Å²) in [5.41, 5.74) is 1.56. The van der Waals surface area contributed by atoms with E-state index < -0.39 is 11.7 Å². The molecule has 0 aliphatic carbocycles. The van der Waals surface area contributed by atoms with Crippen LogP contribution in [0.4, 0.5) is 18.9 Å². The zero-order valence-corrected chi connectivity index (χ0v) is 16.6. The lowest BCUT2D eigenvalue weighted by Crippen LogP contribution is -2.46. The van der Waals surface area contributed by atoms with E-state index in [0.29, 0.717) is 50.6 Å². The van der Waals surface area contributed by atoms with E-state index in [2.05, 4.69) is 4.90 Å². The Morgan fingerprint density at radius 2 is 1.79 bits per heavy atom. The summed E-state index contributed by atoms with van der Waals surface area (Å²) < 4.78 is 44.6. The fourth-order valence-corrected chi connectivity index (χ4v) is 3.50. The molecule has 0 atom stereocenters. The van der Waals surface area contributed by atoms with Crippen LogP contribution in [0.25, 0.3) is 0 Å². The maximum absolute atomic E-state index is 13.0. The van der Waals surface area contributed by atoms with Crippen LogP contribution in [0.15, 0.2) is 42.5 Å². The molecule has 0 saturated carbocycles. The van der Waals surface area contributed by atoms with Crippen molar-refractivity contribution >= 4 is 11.5 Å². The quantitative estimate of drug-likeness (QED) is 0.655. The monoisotopic (exact) mass is 406 g/mol. The SMILES string of the molecule is CCOc1ccc(C(C)=O)cc1CN1CCN(c2cccc(C(F)(F)F)c2)CC1. The number of nitrogens with zero attached hydrogens (tertiary/aromatic N) is 2. The highest BCUT2D eigenvalue weighted by atomic mass is 19.4. The van der Waals surface area contributed by atoms with Crippen LogP contribution in [0.3, 0.4) is 0 Å². The molecular formula is C22H25F3N2O2. The summed E-state index contributed by atoms with van der Waals surface area (Å²) in [6.07, 6.45) is -4.34. The van der Waals surface area contributed by atoms with Crippen LogP contribution in [0, 0.1) is 0 Å². The number of hydrogen-bond donors (Lipinski definition) is 0. The minimum atomic E-state index is -4.34.